The number of rotatable bonds is 3. The summed E-state index contributed by atoms with van der Waals surface area (Å²) in [4.78, 5) is 20.7. The number of likely N-dealkylation sites (tertiary alicyclic amines) is 1. The summed E-state index contributed by atoms with van der Waals surface area (Å²) < 4.78 is 0. The zero-order chi connectivity index (χ0) is 17.1. The summed E-state index contributed by atoms with van der Waals surface area (Å²) >= 11 is 1.75. The lowest BCUT2D eigenvalue weighted by molar-refractivity contribution is 0.0707. The van der Waals surface area contributed by atoms with Crippen molar-refractivity contribution >= 4 is 17.2 Å². The minimum Gasteiger partial charge on any atom is -0.338 e. The molecule has 0 unspecified atom stereocenters. The average molecular weight is 339 g/mol. The number of aromatic nitrogens is 1. The number of carbonyl (C=O) groups is 1. The molecule has 0 bridgehead atoms. The Balaban J connectivity index is 1.75. The van der Waals surface area contributed by atoms with E-state index in [0.29, 0.717) is 17.9 Å². The Morgan fingerprint density at radius 3 is 3.00 bits per heavy atom. The van der Waals surface area contributed by atoms with Gasteiger partial charge in [0.15, 0.2) is 0 Å². The van der Waals surface area contributed by atoms with Crippen molar-refractivity contribution in [2.75, 3.05) is 13.1 Å². The Hall–Kier alpha value is -2.19. The molecule has 3 rings (SSSR count). The van der Waals surface area contributed by atoms with Crippen molar-refractivity contribution in [1.29, 1.82) is 5.26 Å². The minimum absolute atomic E-state index is 0.0597. The fourth-order valence-electron chi connectivity index (χ4n) is 3.12. The van der Waals surface area contributed by atoms with Crippen molar-refractivity contribution in [2.24, 2.45) is 0 Å². The molecule has 1 atom stereocenters. The van der Waals surface area contributed by atoms with E-state index in [-0.39, 0.29) is 5.91 Å². The van der Waals surface area contributed by atoms with Crippen LogP contribution in [0.25, 0.3) is 0 Å². The summed E-state index contributed by atoms with van der Waals surface area (Å²) in [5.41, 5.74) is 2.67. The van der Waals surface area contributed by atoms with Gasteiger partial charge < -0.3 is 4.90 Å². The number of hydrogen-bond donors (Lipinski definition) is 0. The molecule has 1 fully saturated rings. The van der Waals surface area contributed by atoms with Gasteiger partial charge in [-0.1, -0.05) is 12.1 Å². The van der Waals surface area contributed by atoms with Crippen LogP contribution < -0.4 is 0 Å². The highest BCUT2D eigenvalue weighted by atomic mass is 32.1. The predicted molar refractivity (Wildman–Crippen MR) is 95.2 cm³/mol. The zero-order valence-corrected chi connectivity index (χ0v) is 14.9. The molecule has 1 aromatic heterocycles. The van der Waals surface area contributed by atoms with E-state index in [9.17, 15) is 4.79 Å². The van der Waals surface area contributed by atoms with Crippen LogP contribution in [0, 0.1) is 25.2 Å². The van der Waals surface area contributed by atoms with Crippen LogP contribution in [0.2, 0.25) is 0 Å². The van der Waals surface area contributed by atoms with Crippen LogP contribution in [0.1, 0.15) is 50.3 Å². The van der Waals surface area contributed by atoms with Gasteiger partial charge in [-0.15, -0.1) is 11.3 Å². The minimum atomic E-state index is 0.0597. The first kappa shape index (κ1) is 16.7. The number of nitrogens with zero attached hydrogens (tertiary/aromatic N) is 3. The molecular weight excluding hydrogens is 318 g/mol. The normalized spacial score (nSPS) is 17.5. The molecular formula is C19H21N3OS. The lowest BCUT2D eigenvalue weighted by atomic mass is 9.97. The van der Waals surface area contributed by atoms with E-state index < -0.39 is 0 Å². The number of benzene rings is 1. The molecule has 0 radical (unpaired) electrons. The standard InChI is InChI=1S/C19H21N3OS/c1-13-14(2)24-18(21-13)17-7-4-10-22(12-17)19(23)16-6-3-5-15(11-16)8-9-20/h3,5-6,11,17H,4,7-8,10,12H2,1-2H3/t17-/m0/s1. The van der Waals surface area contributed by atoms with Crippen molar-refractivity contribution in [1.82, 2.24) is 9.88 Å². The predicted octanol–water partition coefficient (Wildman–Crippen LogP) is 3.85. The van der Waals surface area contributed by atoms with E-state index in [0.717, 1.165) is 42.2 Å². The van der Waals surface area contributed by atoms with Gasteiger partial charge in [0.2, 0.25) is 0 Å². The van der Waals surface area contributed by atoms with Gasteiger partial charge in [0.25, 0.3) is 5.91 Å². The van der Waals surface area contributed by atoms with Crippen LogP contribution in [0.4, 0.5) is 0 Å². The molecule has 4 nitrogen and oxygen atoms in total. The molecule has 0 saturated carbocycles. The van der Waals surface area contributed by atoms with Gasteiger partial charge in [-0.25, -0.2) is 4.98 Å². The van der Waals surface area contributed by atoms with E-state index in [1.165, 1.54) is 4.88 Å². The van der Waals surface area contributed by atoms with Crippen LogP contribution in [-0.4, -0.2) is 28.9 Å². The molecule has 0 spiro atoms. The zero-order valence-electron chi connectivity index (χ0n) is 14.1. The van der Waals surface area contributed by atoms with Gasteiger partial charge in [0.1, 0.15) is 0 Å². The molecule has 2 heterocycles. The highest BCUT2D eigenvalue weighted by Gasteiger charge is 2.27. The molecule has 1 amide bonds. The Bertz CT molecular complexity index is 771. The topological polar surface area (TPSA) is 57.0 Å². The van der Waals surface area contributed by atoms with E-state index in [1.54, 1.807) is 11.3 Å². The van der Waals surface area contributed by atoms with E-state index in [2.05, 4.69) is 18.0 Å². The SMILES string of the molecule is Cc1nc([C@H]2CCCN(C(=O)c3cccc(CC#N)c3)C2)sc1C. The van der Waals surface area contributed by atoms with Gasteiger partial charge in [-0.05, 0) is 44.4 Å². The van der Waals surface area contributed by atoms with Gasteiger partial charge in [0.05, 0.1) is 23.2 Å². The van der Waals surface area contributed by atoms with Crippen LogP contribution in [-0.2, 0) is 6.42 Å². The molecule has 2 aromatic rings. The Labute approximate surface area is 146 Å². The van der Waals surface area contributed by atoms with Gasteiger partial charge in [-0.3, -0.25) is 4.79 Å². The molecule has 1 saturated heterocycles. The summed E-state index contributed by atoms with van der Waals surface area (Å²) in [7, 11) is 0. The average Bonchev–Trinajstić information content (AvgIpc) is 2.94. The van der Waals surface area contributed by atoms with Gasteiger partial charge in [0, 0.05) is 29.4 Å². The second-order valence-corrected chi connectivity index (χ2v) is 7.55. The largest absolute Gasteiger partial charge is 0.338 e. The van der Waals surface area contributed by atoms with Crippen molar-refractivity contribution in [2.45, 2.75) is 39.0 Å². The number of nitriles is 1. The number of amides is 1. The molecule has 24 heavy (non-hydrogen) atoms. The third kappa shape index (κ3) is 3.49. The van der Waals surface area contributed by atoms with Crippen LogP contribution in [0.15, 0.2) is 24.3 Å². The fraction of sp³-hybridized carbons (Fsp3) is 0.421. The molecule has 124 valence electrons. The molecule has 0 N–H and O–H groups in total. The van der Waals surface area contributed by atoms with Crippen LogP contribution in [0.3, 0.4) is 0 Å². The van der Waals surface area contributed by atoms with Crippen molar-refractivity contribution in [3.8, 4) is 6.07 Å². The van der Waals surface area contributed by atoms with Gasteiger partial charge >= 0.3 is 0 Å². The second-order valence-electron chi connectivity index (χ2n) is 6.32. The quantitative estimate of drug-likeness (QED) is 0.853. The van der Waals surface area contributed by atoms with Gasteiger partial charge in [-0.2, -0.15) is 5.26 Å². The number of aryl methyl sites for hydroxylation is 2. The monoisotopic (exact) mass is 339 g/mol. The van der Waals surface area contributed by atoms with E-state index >= 15 is 0 Å². The summed E-state index contributed by atoms with van der Waals surface area (Å²) in [5.74, 6) is 0.395. The molecule has 1 aliphatic rings. The summed E-state index contributed by atoms with van der Waals surface area (Å²) in [6.45, 7) is 5.67. The molecule has 5 heteroatoms. The maximum absolute atomic E-state index is 12.8. The summed E-state index contributed by atoms with van der Waals surface area (Å²) in [5, 5.41) is 9.99. The maximum atomic E-state index is 12.8. The fourth-order valence-corrected chi connectivity index (χ4v) is 4.17. The number of hydrogen-bond acceptors (Lipinski definition) is 4. The third-order valence-corrected chi connectivity index (χ3v) is 5.80. The van der Waals surface area contributed by atoms with Crippen molar-refractivity contribution < 1.29 is 4.79 Å². The number of thiazole rings is 1. The first-order valence-corrected chi connectivity index (χ1v) is 9.09. The molecule has 1 aromatic carbocycles. The van der Waals surface area contributed by atoms with Crippen LogP contribution in [0.5, 0.6) is 0 Å². The van der Waals surface area contributed by atoms with Crippen molar-refractivity contribution in [3.05, 3.63) is 51.0 Å². The Morgan fingerprint density at radius 2 is 2.29 bits per heavy atom. The highest BCUT2D eigenvalue weighted by molar-refractivity contribution is 7.11. The lowest BCUT2D eigenvalue weighted by Crippen LogP contribution is -2.39. The first-order valence-electron chi connectivity index (χ1n) is 8.27. The summed E-state index contributed by atoms with van der Waals surface area (Å²) in [6, 6.07) is 9.56. The van der Waals surface area contributed by atoms with E-state index in [4.69, 9.17) is 5.26 Å². The molecule has 1 aliphatic heterocycles. The van der Waals surface area contributed by atoms with Crippen LogP contribution >= 0.6 is 11.3 Å². The highest BCUT2D eigenvalue weighted by Crippen LogP contribution is 2.31. The number of carbonyl (C=O) groups excluding carboxylic acids is 1. The Morgan fingerprint density at radius 1 is 1.46 bits per heavy atom. The Kier molecular flexibility index (Phi) is 4.96. The summed E-state index contributed by atoms with van der Waals surface area (Å²) in [6.07, 6.45) is 2.43. The maximum Gasteiger partial charge on any atom is 0.253 e. The second kappa shape index (κ2) is 7.14. The third-order valence-electron chi connectivity index (χ3n) is 4.56. The lowest BCUT2D eigenvalue weighted by Gasteiger charge is -2.32. The first-order chi connectivity index (χ1) is 11.6. The van der Waals surface area contributed by atoms with E-state index in [1.807, 2.05) is 36.1 Å². The van der Waals surface area contributed by atoms with Crippen molar-refractivity contribution in [3.63, 3.8) is 0 Å². The number of piperidine rings is 1. The smallest absolute Gasteiger partial charge is 0.253 e. The molecule has 0 aliphatic carbocycles.